The summed E-state index contributed by atoms with van der Waals surface area (Å²) in [4.78, 5) is 28.9. The van der Waals surface area contributed by atoms with E-state index in [-0.39, 0.29) is 11.8 Å². The van der Waals surface area contributed by atoms with Crippen LogP contribution < -0.4 is 4.90 Å². The lowest BCUT2D eigenvalue weighted by Gasteiger charge is -2.39. The van der Waals surface area contributed by atoms with Crippen molar-refractivity contribution in [2.45, 2.75) is 19.9 Å². The average Bonchev–Trinajstić information content (AvgIpc) is 2.60. The summed E-state index contributed by atoms with van der Waals surface area (Å²) in [5.41, 5.74) is 2.06. The van der Waals surface area contributed by atoms with Crippen molar-refractivity contribution in [2.24, 2.45) is 0 Å². The van der Waals surface area contributed by atoms with Gasteiger partial charge in [0.25, 0.3) is 5.91 Å². The highest BCUT2D eigenvalue weighted by molar-refractivity contribution is 6.34. The minimum absolute atomic E-state index is 0.128. The van der Waals surface area contributed by atoms with Gasteiger partial charge in [-0.3, -0.25) is 9.59 Å². The number of piperazine rings is 1. The number of rotatable bonds is 2. The Kier molecular flexibility index (Phi) is 5.02. The number of carbonyl (C=O) groups excluding carboxylic acids is 2. The first-order chi connectivity index (χ1) is 11.9. The van der Waals surface area contributed by atoms with Gasteiger partial charge in [0.15, 0.2) is 0 Å². The zero-order chi connectivity index (χ0) is 18.1. The van der Waals surface area contributed by atoms with Gasteiger partial charge in [0.1, 0.15) is 6.04 Å². The zero-order valence-corrected chi connectivity index (χ0v) is 15.5. The Bertz CT molecular complexity index is 838. The molecule has 130 valence electrons. The molecule has 4 nitrogen and oxygen atoms in total. The highest BCUT2D eigenvalue weighted by Crippen LogP contribution is 2.29. The molecule has 2 aromatic rings. The summed E-state index contributed by atoms with van der Waals surface area (Å²) in [6.45, 7) is 4.48. The van der Waals surface area contributed by atoms with Crippen LogP contribution in [0.25, 0.3) is 0 Å². The van der Waals surface area contributed by atoms with Crippen molar-refractivity contribution < 1.29 is 9.59 Å². The first kappa shape index (κ1) is 17.8. The SMILES string of the molecule is Cc1c(Cl)cccc1N1CCN(C(=O)c2ccccc2Cl)[C@@H](C)C1=O. The number of halogens is 2. The van der Waals surface area contributed by atoms with Gasteiger partial charge >= 0.3 is 0 Å². The smallest absolute Gasteiger partial charge is 0.256 e. The van der Waals surface area contributed by atoms with Crippen molar-refractivity contribution in [3.63, 3.8) is 0 Å². The molecule has 1 aliphatic rings. The molecule has 0 aromatic heterocycles. The molecule has 0 bridgehead atoms. The van der Waals surface area contributed by atoms with Gasteiger partial charge in [-0.1, -0.05) is 41.4 Å². The Morgan fingerprint density at radius 3 is 2.44 bits per heavy atom. The van der Waals surface area contributed by atoms with E-state index in [0.717, 1.165) is 11.3 Å². The minimum atomic E-state index is -0.573. The van der Waals surface area contributed by atoms with Crippen molar-refractivity contribution in [3.8, 4) is 0 Å². The molecule has 2 aromatic carbocycles. The van der Waals surface area contributed by atoms with Gasteiger partial charge in [0.05, 0.1) is 10.6 Å². The third-order valence-electron chi connectivity index (χ3n) is 4.55. The van der Waals surface area contributed by atoms with E-state index in [4.69, 9.17) is 23.2 Å². The average molecular weight is 377 g/mol. The lowest BCUT2D eigenvalue weighted by Crippen LogP contribution is -2.58. The second-order valence-electron chi connectivity index (χ2n) is 6.03. The quantitative estimate of drug-likeness (QED) is 0.788. The number of amides is 2. The molecule has 2 amide bonds. The van der Waals surface area contributed by atoms with E-state index in [9.17, 15) is 9.59 Å². The van der Waals surface area contributed by atoms with Crippen molar-refractivity contribution in [2.75, 3.05) is 18.0 Å². The summed E-state index contributed by atoms with van der Waals surface area (Å²) in [6.07, 6.45) is 0. The zero-order valence-electron chi connectivity index (χ0n) is 14.0. The van der Waals surface area contributed by atoms with Gasteiger partial charge in [0, 0.05) is 23.8 Å². The fraction of sp³-hybridized carbons (Fsp3) is 0.263. The Morgan fingerprint density at radius 1 is 1.04 bits per heavy atom. The van der Waals surface area contributed by atoms with E-state index in [1.54, 1.807) is 47.1 Å². The molecule has 1 atom stereocenters. The van der Waals surface area contributed by atoms with E-state index < -0.39 is 6.04 Å². The molecule has 0 N–H and O–H groups in total. The molecule has 0 spiro atoms. The normalized spacial score (nSPS) is 17.8. The summed E-state index contributed by atoms with van der Waals surface area (Å²) < 4.78 is 0. The van der Waals surface area contributed by atoms with Crippen LogP contribution in [0.3, 0.4) is 0 Å². The topological polar surface area (TPSA) is 40.6 Å². The van der Waals surface area contributed by atoms with Crippen LogP contribution in [-0.2, 0) is 4.79 Å². The number of hydrogen-bond acceptors (Lipinski definition) is 2. The van der Waals surface area contributed by atoms with Crippen LogP contribution in [0.2, 0.25) is 10.0 Å². The molecule has 1 saturated heterocycles. The van der Waals surface area contributed by atoms with Gasteiger partial charge in [-0.15, -0.1) is 0 Å². The number of carbonyl (C=O) groups is 2. The third kappa shape index (κ3) is 3.24. The molecule has 1 fully saturated rings. The van der Waals surface area contributed by atoms with E-state index in [1.165, 1.54) is 0 Å². The highest BCUT2D eigenvalue weighted by Gasteiger charge is 2.36. The van der Waals surface area contributed by atoms with Gasteiger partial charge in [0.2, 0.25) is 5.91 Å². The van der Waals surface area contributed by atoms with Crippen LogP contribution in [0, 0.1) is 6.92 Å². The molecule has 6 heteroatoms. The van der Waals surface area contributed by atoms with Crippen LogP contribution in [0.5, 0.6) is 0 Å². The van der Waals surface area contributed by atoms with Gasteiger partial charge in [-0.05, 0) is 43.7 Å². The minimum Gasteiger partial charge on any atom is -0.325 e. The molecule has 1 heterocycles. The van der Waals surface area contributed by atoms with Crippen molar-refractivity contribution in [3.05, 3.63) is 63.6 Å². The largest absolute Gasteiger partial charge is 0.325 e. The fourth-order valence-corrected chi connectivity index (χ4v) is 3.45. The first-order valence-corrected chi connectivity index (χ1v) is 8.79. The maximum Gasteiger partial charge on any atom is 0.256 e. The van der Waals surface area contributed by atoms with Gasteiger partial charge in [-0.2, -0.15) is 0 Å². The van der Waals surface area contributed by atoms with E-state index in [2.05, 4.69) is 0 Å². The Hall–Kier alpha value is -2.04. The molecule has 0 radical (unpaired) electrons. The van der Waals surface area contributed by atoms with E-state index in [1.807, 2.05) is 19.1 Å². The monoisotopic (exact) mass is 376 g/mol. The third-order valence-corrected chi connectivity index (χ3v) is 5.29. The maximum atomic E-state index is 12.9. The van der Waals surface area contributed by atoms with Crippen LogP contribution in [0.4, 0.5) is 5.69 Å². The summed E-state index contributed by atoms with van der Waals surface area (Å²) >= 11 is 12.3. The lowest BCUT2D eigenvalue weighted by atomic mass is 10.1. The van der Waals surface area contributed by atoms with Crippen molar-refractivity contribution >= 4 is 40.7 Å². The Balaban J connectivity index is 1.86. The summed E-state index contributed by atoms with van der Waals surface area (Å²) in [5, 5.41) is 1.01. The molecule has 0 unspecified atom stereocenters. The predicted molar refractivity (Wildman–Crippen MR) is 100 cm³/mol. The summed E-state index contributed by atoms with van der Waals surface area (Å²) in [5.74, 6) is -0.356. The predicted octanol–water partition coefficient (Wildman–Crippen LogP) is 4.18. The van der Waals surface area contributed by atoms with E-state index in [0.29, 0.717) is 28.7 Å². The van der Waals surface area contributed by atoms with Crippen LogP contribution in [-0.4, -0.2) is 35.8 Å². The maximum absolute atomic E-state index is 12.9. The molecule has 0 saturated carbocycles. The first-order valence-electron chi connectivity index (χ1n) is 8.04. The number of hydrogen-bond donors (Lipinski definition) is 0. The molecular formula is C19H18Cl2N2O2. The molecule has 25 heavy (non-hydrogen) atoms. The fourth-order valence-electron chi connectivity index (χ4n) is 3.06. The summed E-state index contributed by atoms with van der Waals surface area (Å²) in [6, 6.07) is 11.8. The Morgan fingerprint density at radius 2 is 1.72 bits per heavy atom. The van der Waals surface area contributed by atoms with Crippen molar-refractivity contribution in [1.82, 2.24) is 4.90 Å². The molecule has 1 aliphatic heterocycles. The Labute approximate surface area is 156 Å². The molecule has 0 aliphatic carbocycles. The second kappa shape index (κ2) is 7.06. The van der Waals surface area contributed by atoms with Crippen molar-refractivity contribution in [1.29, 1.82) is 0 Å². The number of benzene rings is 2. The van der Waals surface area contributed by atoms with E-state index >= 15 is 0 Å². The molecular weight excluding hydrogens is 359 g/mol. The lowest BCUT2D eigenvalue weighted by molar-refractivity contribution is -0.124. The second-order valence-corrected chi connectivity index (χ2v) is 6.84. The number of nitrogens with zero attached hydrogens (tertiary/aromatic N) is 2. The standard InChI is InChI=1S/C19H18Cl2N2O2/c1-12-15(20)8-5-9-17(12)23-11-10-22(13(2)18(23)24)19(25)14-6-3-4-7-16(14)21/h3-9,13H,10-11H2,1-2H3/t13-/m0/s1. The van der Waals surface area contributed by atoms with Crippen LogP contribution >= 0.6 is 23.2 Å². The highest BCUT2D eigenvalue weighted by atomic mass is 35.5. The molecule has 3 rings (SSSR count). The number of anilines is 1. The van der Waals surface area contributed by atoms with Crippen LogP contribution in [0.1, 0.15) is 22.8 Å². The van der Waals surface area contributed by atoms with Crippen LogP contribution in [0.15, 0.2) is 42.5 Å². The summed E-state index contributed by atoms with van der Waals surface area (Å²) in [7, 11) is 0. The van der Waals surface area contributed by atoms with Gasteiger partial charge < -0.3 is 9.80 Å². The van der Waals surface area contributed by atoms with Gasteiger partial charge in [-0.25, -0.2) is 0 Å².